The van der Waals surface area contributed by atoms with Gasteiger partial charge < -0.3 is 9.47 Å². The highest BCUT2D eigenvalue weighted by molar-refractivity contribution is 5.88. The molecule has 102 valence electrons. The first-order valence-electron chi connectivity index (χ1n) is 6.36. The lowest BCUT2D eigenvalue weighted by Crippen LogP contribution is -2.18. The number of ether oxygens (including phenoxy) is 2. The van der Waals surface area contributed by atoms with E-state index in [0.29, 0.717) is 12.2 Å². The Morgan fingerprint density at radius 1 is 1.32 bits per heavy atom. The Morgan fingerprint density at radius 2 is 2.00 bits per heavy atom. The van der Waals surface area contributed by atoms with Crippen molar-refractivity contribution in [3.63, 3.8) is 0 Å². The SMILES string of the molecule is CCOC(C)OC(=O)C(C)=CC=Cc1ccccc1. The fourth-order valence-electron chi connectivity index (χ4n) is 1.45. The first kappa shape index (κ1) is 15.2. The second-order valence-electron chi connectivity index (χ2n) is 4.05. The van der Waals surface area contributed by atoms with Crippen LogP contribution >= 0.6 is 0 Å². The van der Waals surface area contributed by atoms with E-state index in [1.807, 2.05) is 49.4 Å². The zero-order valence-corrected chi connectivity index (χ0v) is 11.6. The Bertz CT molecular complexity index is 446. The predicted molar refractivity (Wildman–Crippen MR) is 76.4 cm³/mol. The van der Waals surface area contributed by atoms with Crippen LogP contribution in [0.1, 0.15) is 26.3 Å². The van der Waals surface area contributed by atoms with E-state index >= 15 is 0 Å². The molecule has 0 N–H and O–H groups in total. The molecule has 3 nitrogen and oxygen atoms in total. The lowest BCUT2D eigenvalue weighted by molar-refractivity contribution is -0.169. The minimum absolute atomic E-state index is 0.362. The first-order valence-corrected chi connectivity index (χ1v) is 6.36. The molecule has 0 aliphatic carbocycles. The molecule has 0 fully saturated rings. The van der Waals surface area contributed by atoms with Gasteiger partial charge in [0.15, 0.2) is 6.29 Å². The summed E-state index contributed by atoms with van der Waals surface area (Å²) in [6.07, 6.45) is 4.98. The Kier molecular flexibility index (Phi) is 6.61. The smallest absolute Gasteiger partial charge is 0.336 e. The van der Waals surface area contributed by atoms with Crippen molar-refractivity contribution in [2.24, 2.45) is 0 Å². The number of rotatable bonds is 6. The van der Waals surface area contributed by atoms with Gasteiger partial charge in [-0.2, -0.15) is 0 Å². The monoisotopic (exact) mass is 260 g/mol. The standard InChI is InChI=1S/C16H20O3/c1-4-18-14(3)19-16(17)13(2)9-8-12-15-10-6-5-7-11-15/h5-12,14H,4H2,1-3H3. The summed E-state index contributed by atoms with van der Waals surface area (Å²) < 4.78 is 10.2. The molecule has 1 atom stereocenters. The molecule has 1 unspecified atom stereocenters. The number of carbonyl (C=O) groups excluding carboxylic acids is 1. The van der Waals surface area contributed by atoms with E-state index in [9.17, 15) is 4.79 Å². The van der Waals surface area contributed by atoms with E-state index in [4.69, 9.17) is 9.47 Å². The summed E-state index contributed by atoms with van der Waals surface area (Å²) >= 11 is 0. The third kappa shape index (κ3) is 6.02. The molecule has 1 aromatic rings. The zero-order valence-electron chi connectivity index (χ0n) is 11.6. The van der Waals surface area contributed by atoms with Crippen LogP contribution < -0.4 is 0 Å². The molecule has 1 aromatic carbocycles. The van der Waals surface area contributed by atoms with E-state index in [1.54, 1.807) is 19.9 Å². The summed E-state index contributed by atoms with van der Waals surface area (Å²) in [7, 11) is 0. The van der Waals surface area contributed by atoms with Crippen LogP contribution in [0.3, 0.4) is 0 Å². The molecule has 0 bridgehead atoms. The van der Waals surface area contributed by atoms with Crippen LogP contribution in [0.2, 0.25) is 0 Å². The molecule has 0 aromatic heterocycles. The molecular weight excluding hydrogens is 240 g/mol. The number of allylic oxidation sites excluding steroid dienone is 2. The number of carbonyl (C=O) groups is 1. The summed E-state index contributed by atoms with van der Waals surface area (Å²) in [6, 6.07) is 9.89. The molecule has 19 heavy (non-hydrogen) atoms. The lowest BCUT2D eigenvalue weighted by atomic mass is 10.2. The molecule has 0 heterocycles. The van der Waals surface area contributed by atoms with Crippen molar-refractivity contribution in [1.29, 1.82) is 0 Å². The quantitative estimate of drug-likeness (QED) is 0.339. The van der Waals surface area contributed by atoms with E-state index in [-0.39, 0.29) is 5.97 Å². The van der Waals surface area contributed by atoms with Crippen molar-refractivity contribution in [1.82, 2.24) is 0 Å². The Hall–Kier alpha value is -1.87. The van der Waals surface area contributed by atoms with Crippen molar-refractivity contribution in [2.45, 2.75) is 27.1 Å². The van der Waals surface area contributed by atoms with Gasteiger partial charge in [-0.05, 0) is 26.3 Å². The van der Waals surface area contributed by atoms with Crippen LogP contribution in [0.4, 0.5) is 0 Å². The maximum Gasteiger partial charge on any atom is 0.336 e. The molecule has 0 aliphatic heterocycles. The summed E-state index contributed by atoms with van der Waals surface area (Å²) in [4.78, 5) is 11.7. The molecule has 0 saturated carbocycles. The van der Waals surface area contributed by atoms with Gasteiger partial charge in [0.2, 0.25) is 0 Å². The van der Waals surface area contributed by atoms with Gasteiger partial charge in [0.05, 0.1) is 0 Å². The van der Waals surface area contributed by atoms with Crippen LogP contribution in [0.15, 0.2) is 48.1 Å². The predicted octanol–water partition coefficient (Wildman–Crippen LogP) is 3.57. The van der Waals surface area contributed by atoms with Gasteiger partial charge in [-0.1, -0.05) is 48.6 Å². The van der Waals surface area contributed by atoms with Gasteiger partial charge in [0.1, 0.15) is 0 Å². The number of esters is 1. The fourth-order valence-corrected chi connectivity index (χ4v) is 1.45. The topological polar surface area (TPSA) is 35.5 Å². The van der Waals surface area contributed by atoms with E-state index in [2.05, 4.69) is 0 Å². The highest BCUT2D eigenvalue weighted by Crippen LogP contribution is 2.05. The van der Waals surface area contributed by atoms with E-state index in [0.717, 1.165) is 5.56 Å². The van der Waals surface area contributed by atoms with Crippen molar-refractivity contribution in [3.05, 3.63) is 53.6 Å². The number of hydrogen-bond acceptors (Lipinski definition) is 3. The lowest BCUT2D eigenvalue weighted by Gasteiger charge is -2.12. The molecule has 0 aliphatic rings. The van der Waals surface area contributed by atoms with Gasteiger partial charge in [-0.15, -0.1) is 0 Å². The fraction of sp³-hybridized carbons (Fsp3) is 0.312. The van der Waals surface area contributed by atoms with Crippen LogP contribution in [0.25, 0.3) is 6.08 Å². The Morgan fingerprint density at radius 3 is 2.63 bits per heavy atom. The van der Waals surface area contributed by atoms with Crippen LogP contribution in [-0.2, 0) is 14.3 Å². The second-order valence-corrected chi connectivity index (χ2v) is 4.05. The molecular formula is C16H20O3. The van der Waals surface area contributed by atoms with Crippen molar-refractivity contribution in [3.8, 4) is 0 Å². The highest BCUT2D eigenvalue weighted by Gasteiger charge is 2.09. The minimum Gasteiger partial charge on any atom is -0.433 e. The number of benzene rings is 1. The third-order valence-electron chi connectivity index (χ3n) is 2.43. The minimum atomic E-state index is -0.515. The largest absolute Gasteiger partial charge is 0.433 e. The van der Waals surface area contributed by atoms with Crippen molar-refractivity contribution >= 4 is 12.0 Å². The molecule has 0 spiro atoms. The Labute approximate surface area is 114 Å². The summed E-state index contributed by atoms with van der Waals surface area (Å²) in [5.74, 6) is -0.362. The van der Waals surface area contributed by atoms with Gasteiger partial charge in [-0.25, -0.2) is 4.79 Å². The van der Waals surface area contributed by atoms with Gasteiger partial charge in [-0.3, -0.25) is 0 Å². The molecule has 0 radical (unpaired) electrons. The van der Waals surface area contributed by atoms with E-state index in [1.165, 1.54) is 0 Å². The van der Waals surface area contributed by atoms with Crippen LogP contribution in [0, 0.1) is 0 Å². The molecule has 0 amide bonds. The second kappa shape index (κ2) is 8.27. The van der Waals surface area contributed by atoms with Crippen LogP contribution in [-0.4, -0.2) is 18.9 Å². The van der Waals surface area contributed by atoms with Gasteiger partial charge >= 0.3 is 5.97 Å². The number of hydrogen-bond donors (Lipinski definition) is 0. The van der Waals surface area contributed by atoms with Gasteiger partial charge in [0, 0.05) is 12.2 Å². The maximum absolute atomic E-state index is 11.7. The highest BCUT2D eigenvalue weighted by atomic mass is 16.7. The zero-order chi connectivity index (χ0) is 14.1. The normalized spacial score (nSPS) is 13.5. The molecule has 0 saturated heterocycles. The van der Waals surface area contributed by atoms with Crippen molar-refractivity contribution in [2.75, 3.05) is 6.61 Å². The van der Waals surface area contributed by atoms with E-state index < -0.39 is 6.29 Å². The molecule has 1 rings (SSSR count). The molecule has 3 heteroatoms. The van der Waals surface area contributed by atoms with Gasteiger partial charge in [0.25, 0.3) is 0 Å². The first-order chi connectivity index (χ1) is 9.13. The Balaban J connectivity index is 2.52. The summed E-state index contributed by atoms with van der Waals surface area (Å²) in [5, 5.41) is 0. The average molecular weight is 260 g/mol. The van der Waals surface area contributed by atoms with Crippen LogP contribution in [0.5, 0.6) is 0 Å². The third-order valence-corrected chi connectivity index (χ3v) is 2.43. The average Bonchev–Trinajstić information content (AvgIpc) is 2.40. The maximum atomic E-state index is 11.7. The summed E-state index contributed by atoms with van der Waals surface area (Å²) in [5.41, 5.74) is 1.63. The summed E-state index contributed by atoms with van der Waals surface area (Å²) in [6.45, 7) is 5.80. The van der Waals surface area contributed by atoms with Crippen molar-refractivity contribution < 1.29 is 14.3 Å².